The Morgan fingerprint density at radius 1 is 0.929 bits per heavy atom. The van der Waals surface area contributed by atoms with Crippen LogP contribution in [0.2, 0.25) is 0 Å². The molecule has 2 heterocycles. The highest BCUT2D eigenvalue weighted by Crippen LogP contribution is 2.32. The van der Waals surface area contributed by atoms with Crippen LogP contribution in [0.25, 0.3) is 22.1 Å². The molecule has 0 aliphatic rings. The summed E-state index contributed by atoms with van der Waals surface area (Å²) in [5.41, 5.74) is 2.78. The lowest BCUT2D eigenvalue weighted by Gasteiger charge is -2.09. The van der Waals surface area contributed by atoms with Gasteiger partial charge in [0.1, 0.15) is 12.4 Å². The maximum Gasteiger partial charge on any atom is 0.573 e. The Hall–Kier alpha value is -3.55. The third-order valence-corrected chi connectivity index (χ3v) is 3.94. The molecule has 0 aliphatic heterocycles. The van der Waals surface area contributed by atoms with E-state index in [0.717, 1.165) is 11.3 Å². The number of halogens is 3. The molecule has 2 aromatic carbocycles. The Morgan fingerprint density at radius 3 is 2.43 bits per heavy atom. The summed E-state index contributed by atoms with van der Waals surface area (Å²) < 4.78 is 51.7. The summed E-state index contributed by atoms with van der Waals surface area (Å²) >= 11 is 0. The first-order chi connectivity index (χ1) is 13.5. The maximum absolute atomic E-state index is 12.3. The number of rotatable bonds is 5. The maximum atomic E-state index is 12.3. The van der Waals surface area contributed by atoms with Crippen molar-refractivity contribution < 1.29 is 27.2 Å². The fourth-order valence-electron chi connectivity index (χ4n) is 2.68. The Kier molecular flexibility index (Phi) is 4.60. The van der Waals surface area contributed by atoms with E-state index in [1.807, 2.05) is 18.2 Å². The van der Waals surface area contributed by atoms with Gasteiger partial charge in [0.15, 0.2) is 5.58 Å². The van der Waals surface area contributed by atoms with Crippen LogP contribution in [-0.2, 0) is 6.61 Å². The van der Waals surface area contributed by atoms with Gasteiger partial charge in [0, 0.05) is 6.20 Å². The second kappa shape index (κ2) is 7.22. The van der Waals surface area contributed by atoms with E-state index >= 15 is 0 Å². The molecule has 0 atom stereocenters. The van der Waals surface area contributed by atoms with Crippen molar-refractivity contribution in [3.05, 3.63) is 72.6 Å². The number of hydrogen-bond acceptors (Lipinski definition) is 5. The predicted molar refractivity (Wildman–Crippen MR) is 94.7 cm³/mol. The molecule has 5 nitrogen and oxygen atoms in total. The Balaban J connectivity index is 1.57. The number of aromatic nitrogens is 2. The minimum absolute atomic E-state index is 0.232. The molecule has 8 heteroatoms. The first-order valence-electron chi connectivity index (χ1n) is 8.26. The SMILES string of the molecule is FC(F)(F)Oc1ccc(-c2ccc3onc(OCc4ccccn4)c3c2)cc1. The smallest absolute Gasteiger partial charge is 0.469 e. The Labute approximate surface area is 157 Å². The summed E-state index contributed by atoms with van der Waals surface area (Å²) in [7, 11) is 0. The highest BCUT2D eigenvalue weighted by Gasteiger charge is 2.30. The highest BCUT2D eigenvalue weighted by molar-refractivity contribution is 5.87. The molecule has 28 heavy (non-hydrogen) atoms. The van der Waals surface area contributed by atoms with E-state index < -0.39 is 6.36 Å². The summed E-state index contributed by atoms with van der Waals surface area (Å²) in [6, 6.07) is 16.4. The minimum atomic E-state index is -4.72. The van der Waals surface area contributed by atoms with Gasteiger partial charge in [0.2, 0.25) is 0 Å². The zero-order valence-electron chi connectivity index (χ0n) is 14.3. The molecule has 0 N–H and O–H groups in total. The summed E-state index contributed by atoms with van der Waals surface area (Å²) in [4.78, 5) is 4.18. The molecule has 0 saturated carbocycles. The van der Waals surface area contributed by atoms with E-state index in [0.29, 0.717) is 22.4 Å². The molecule has 0 saturated heterocycles. The molecule has 2 aromatic heterocycles. The minimum Gasteiger partial charge on any atom is -0.469 e. The monoisotopic (exact) mass is 386 g/mol. The molecule has 4 aromatic rings. The largest absolute Gasteiger partial charge is 0.573 e. The molecule has 0 amide bonds. The van der Waals surface area contributed by atoms with E-state index in [9.17, 15) is 13.2 Å². The van der Waals surface area contributed by atoms with Crippen molar-refractivity contribution >= 4 is 11.0 Å². The van der Waals surface area contributed by atoms with Gasteiger partial charge in [0.05, 0.1) is 11.1 Å². The van der Waals surface area contributed by atoms with Crippen LogP contribution in [0.15, 0.2) is 71.4 Å². The number of ether oxygens (including phenoxy) is 2. The lowest BCUT2D eigenvalue weighted by atomic mass is 10.0. The summed E-state index contributed by atoms with van der Waals surface area (Å²) in [6.07, 6.45) is -3.05. The van der Waals surface area contributed by atoms with E-state index in [2.05, 4.69) is 14.9 Å². The zero-order chi connectivity index (χ0) is 19.6. The van der Waals surface area contributed by atoms with Crippen molar-refractivity contribution in [2.24, 2.45) is 0 Å². The number of hydrogen-bond donors (Lipinski definition) is 0. The van der Waals surface area contributed by atoms with Gasteiger partial charge in [-0.25, -0.2) is 0 Å². The molecular weight excluding hydrogens is 373 g/mol. The van der Waals surface area contributed by atoms with Crippen LogP contribution in [-0.4, -0.2) is 16.5 Å². The van der Waals surface area contributed by atoms with Crippen LogP contribution < -0.4 is 9.47 Å². The van der Waals surface area contributed by atoms with Crippen LogP contribution in [0.4, 0.5) is 13.2 Å². The van der Waals surface area contributed by atoms with Crippen LogP contribution in [0, 0.1) is 0 Å². The number of alkyl halides is 3. The fraction of sp³-hybridized carbons (Fsp3) is 0.100. The summed E-state index contributed by atoms with van der Waals surface area (Å²) in [6.45, 7) is 0.232. The van der Waals surface area contributed by atoms with Gasteiger partial charge in [-0.1, -0.05) is 24.3 Å². The fourth-order valence-corrected chi connectivity index (χ4v) is 2.68. The molecule has 0 bridgehead atoms. The van der Waals surface area contributed by atoms with Crippen molar-refractivity contribution in [3.63, 3.8) is 0 Å². The summed E-state index contributed by atoms with van der Waals surface area (Å²) in [5, 5.41) is 4.59. The second-order valence-electron chi connectivity index (χ2n) is 5.88. The molecule has 0 radical (unpaired) electrons. The summed E-state index contributed by atoms with van der Waals surface area (Å²) in [5.74, 6) is 0.0428. The van der Waals surface area contributed by atoms with Crippen molar-refractivity contribution in [2.45, 2.75) is 13.0 Å². The first kappa shape index (κ1) is 17.8. The Morgan fingerprint density at radius 2 is 1.71 bits per heavy atom. The van der Waals surface area contributed by atoms with Gasteiger partial charge in [-0.3, -0.25) is 4.98 Å². The molecule has 142 valence electrons. The average Bonchev–Trinajstić information content (AvgIpc) is 3.09. The number of pyridine rings is 1. The molecule has 0 fully saturated rings. The predicted octanol–water partition coefficient (Wildman–Crippen LogP) is 5.37. The van der Waals surface area contributed by atoms with Crippen molar-refractivity contribution in [1.29, 1.82) is 0 Å². The number of fused-ring (bicyclic) bond motifs is 1. The first-order valence-corrected chi connectivity index (χ1v) is 8.26. The van der Waals surface area contributed by atoms with Gasteiger partial charge in [-0.05, 0) is 52.7 Å². The normalized spacial score (nSPS) is 11.5. The zero-order valence-corrected chi connectivity index (χ0v) is 14.3. The van der Waals surface area contributed by atoms with Crippen molar-refractivity contribution in [1.82, 2.24) is 10.1 Å². The topological polar surface area (TPSA) is 57.4 Å². The quantitative estimate of drug-likeness (QED) is 0.462. The van der Waals surface area contributed by atoms with E-state index in [1.54, 1.807) is 36.5 Å². The van der Waals surface area contributed by atoms with Crippen LogP contribution in [0.1, 0.15) is 5.69 Å². The van der Waals surface area contributed by atoms with Gasteiger partial charge in [-0.15, -0.1) is 13.2 Å². The van der Waals surface area contributed by atoms with Crippen molar-refractivity contribution in [3.8, 4) is 22.8 Å². The van der Waals surface area contributed by atoms with Crippen LogP contribution >= 0.6 is 0 Å². The molecule has 0 unspecified atom stereocenters. The Bertz CT molecular complexity index is 1080. The van der Waals surface area contributed by atoms with Gasteiger partial charge in [-0.2, -0.15) is 0 Å². The van der Waals surface area contributed by atoms with E-state index in [-0.39, 0.29) is 12.4 Å². The third-order valence-electron chi connectivity index (χ3n) is 3.94. The van der Waals surface area contributed by atoms with Crippen LogP contribution in [0.5, 0.6) is 11.6 Å². The number of benzene rings is 2. The van der Waals surface area contributed by atoms with Gasteiger partial charge < -0.3 is 14.0 Å². The van der Waals surface area contributed by atoms with Gasteiger partial charge in [0.25, 0.3) is 5.88 Å². The molecular formula is C20H13F3N2O3. The second-order valence-corrected chi connectivity index (χ2v) is 5.88. The third kappa shape index (κ3) is 4.06. The lowest BCUT2D eigenvalue weighted by Crippen LogP contribution is -2.16. The lowest BCUT2D eigenvalue weighted by molar-refractivity contribution is -0.274. The molecule has 0 spiro atoms. The molecule has 0 aliphatic carbocycles. The standard InChI is InChI=1S/C20H13F3N2O3/c21-20(22,23)27-16-7-4-13(5-8-16)14-6-9-18-17(11-14)19(25-28-18)26-12-15-3-1-2-10-24-15/h1-11H,12H2. The van der Waals surface area contributed by atoms with Gasteiger partial charge >= 0.3 is 6.36 Å². The van der Waals surface area contributed by atoms with E-state index in [4.69, 9.17) is 9.26 Å². The number of nitrogens with zero attached hydrogens (tertiary/aromatic N) is 2. The highest BCUT2D eigenvalue weighted by atomic mass is 19.4. The van der Waals surface area contributed by atoms with E-state index in [1.165, 1.54) is 12.1 Å². The van der Waals surface area contributed by atoms with Crippen LogP contribution in [0.3, 0.4) is 0 Å². The molecule has 4 rings (SSSR count). The van der Waals surface area contributed by atoms with Crippen molar-refractivity contribution in [2.75, 3.05) is 0 Å². The average molecular weight is 386 g/mol.